The number of benzene rings is 2. The number of piperidine rings is 1. The van der Waals surface area contributed by atoms with Crippen molar-refractivity contribution in [3.05, 3.63) is 64.7 Å². The number of nitrogens with one attached hydrogen (secondary N) is 1. The van der Waals surface area contributed by atoms with E-state index in [0.717, 1.165) is 49.9 Å². The van der Waals surface area contributed by atoms with Crippen LogP contribution in [0.25, 0.3) is 0 Å². The highest BCUT2D eigenvalue weighted by Crippen LogP contribution is 2.44. The molecule has 1 spiro atoms. The second-order valence-electron chi connectivity index (χ2n) is 11.0. The summed E-state index contributed by atoms with van der Waals surface area (Å²) in [5.41, 5.74) is 1.72. The number of hydrogen-bond donors (Lipinski definition) is 1. The number of carbonyl (C=O) groups is 2. The Bertz CT molecular complexity index is 1260. The van der Waals surface area contributed by atoms with E-state index in [4.69, 9.17) is 11.6 Å². The molecule has 39 heavy (non-hydrogen) atoms. The zero-order valence-corrected chi connectivity index (χ0v) is 25.2. The Labute approximate surface area is 243 Å². The van der Waals surface area contributed by atoms with Gasteiger partial charge in [0.15, 0.2) is 9.84 Å². The number of likely N-dealkylation sites (tertiary alicyclic amines) is 2. The Kier molecular flexibility index (Phi) is 10.5. The van der Waals surface area contributed by atoms with Gasteiger partial charge in [0.1, 0.15) is 0 Å². The lowest BCUT2D eigenvalue weighted by Crippen LogP contribution is -2.46. The van der Waals surface area contributed by atoms with Crippen LogP contribution in [0, 0.1) is 11.3 Å². The number of halogens is 2. The van der Waals surface area contributed by atoms with Gasteiger partial charge in [0.25, 0.3) is 0 Å². The maximum atomic E-state index is 13.6. The molecule has 4 rings (SSSR count). The van der Waals surface area contributed by atoms with Gasteiger partial charge < -0.3 is 10.2 Å². The lowest BCUT2D eigenvalue weighted by molar-refractivity contribution is -0.139. The van der Waals surface area contributed by atoms with Crippen molar-refractivity contribution in [2.24, 2.45) is 11.3 Å². The van der Waals surface area contributed by atoms with E-state index in [0.29, 0.717) is 24.7 Å². The molecule has 0 radical (unpaired) electrons. The molecule has 2 aliphatic heterocycles. The largest absolute Gasteiger partial charge is 0.356 e. The molecule has 0 aromatic heterocycles. The molecule has 1 N–H and O–H groups in total. The lowest BCUT2D eigenvalue weighted by Gasteiger charge is -2.42. The van der Waals surface area contributed by atoms with Crippen LogP contribution in [0.4, 0.5) is 0 Å². The molecule has 2 aromatic carbocycles. The van der Waals surface area contributed by atoms with E-state index in [1.807, 2.05) is 36.9 Å². The summed E-state index contributed by atoms with van der Waals surface area (Å²) in [7, 11) is -3.24. The highest BCUT2D eigenvalue weighted by molar-refractivity contribution is 7.90. The van der Waals surface area contributed by atoms with Crippen molar-refractivity contribution in [3.63, 3.8) is 0 Å². The zero-order valence-electron chi connectivity index (χ0n) is 22.9. The molecule has 0 bridgehead atoms. The van der Waals surface area contributed by atoms with Gasteiger partial charge >= 0.3 is 0 Å². The summed E-state index contributed by atoms with van der Waals surface area (Å²) in [6.45, 7) is 7.18. The molecule has 2 heterocycles. The summed E-state index contributed by atoms with van der Waals surface area (Å²) in [5.74, 6) is 0.200. The van der Waals surface area contributed by atoms with Crippen LogP contribution in [-0.4, -0.2) is 62.5 Å². The SMILES string of the molecule is CC(C)C(=O)NCCC(c1cccc(Cl)c1)N1CCC2(CCN(Cc3ccc(S(C)(=O)=O)cc3)C2=O)CC1.Cl. The third kappa shape index (κ3) is 7.54. The summed E-state index contributed by atoms with van der Waals surface area (Å²) < 4.78 is 23.5. The van der Waals surface area contributed by atoms with Gasteiger partial charge in [-0.25, -0.2) is 8.42 Å². The Hall–Kier alpha value is -2.13. The Morgan fingerprint density at radius 1 is 1.05 bits per heavy atom. The van der Waals surface area contributed by atoms with E-state index in [1.165, 1.54) is 6.26 Å². The van der Waals surface area contributed by atoms with Crippen molar-refractivity contribution in [1.29, 1.82) is 0 Å². The number of amides is 2. The summed E-state index contributed by atoms with van der Waals surface area (Å²) in [4.78, 5) is 30.3. The first-order valence-corrected chi connectivity index (χ1v) is 15.6. The lowest BCUT2D eigenvalue weighted by atomic mass is 9.76. The number of nitrogens with zero attached hydrogens (tertiary/aromatic N) is 2. The van der Waals surface area contributed by atoms with Crippen molar-refractivity contribution in [2.45, 2.75) is 57.0 Å². The molecule has 2 fully saturated rings. The van der Waals surface area contributed by atoms with E-state index < -0.39 is 9.84 Å². The molecule has 0 aliphatic carbocycles. The highest BCUT2D eigenvalue weighted by atomic mass is 35.5. The minimum Gasteiger partial charge on any atom is -0.356 e. The Morgan fingerprint density at radius 3 is 2.28 bits per heavy atom. The molecule has 10 heteroatoms. The number of carbonyl (C=O) groups excluding carboxylic acids is 2. The molecule has 1 unspecified atom stereocenters. The number of rotatable bonds is 9. The van der Waals surface area contributed by atoms with Crippen molar-refractivity contribution in [2.75, 3.05) is 32.4 Å². The van der Waals surface area contributed by atoms with E-state index in [1.54, 1.807) is 24.3 Å². The zero-order chi connectivity index (χ0) is 27.5. The fourth-order valence-electron chi connectivity index (χ4n) is 5.64. The van der Waals surface area contributed by atoms with Crippen molar-refractivity contribution in [1.82, 2.24) is 15.1 Å². The first kappa shape index (κ1) is 31.4. The fourth-order valence-corrected chi connectivity index (χ4v) is 6.47. The summed E-state index contributed by atoms with van der Waals surface area (Å²) in [6.07, 6.45) is 4.40. The quantitative estimate of drug-likeness (QED) is 0.446. The van der Waals surface area contributed by atoms with Crippen LogP contribution < -0.4 is 5.32 Å². The van der Waals surface area contributed by atoms with Crippen LogP contribution in [0.5, 0.6) is 0 Å². The first-order chi connectivity index (χ1) is 18.0. The predicted molar refractivity (Wildman–Crippen MR) is 157 cm³/mol. The Morgan fingerprint density at radius 2 is 1.69 bits per heavy atom. The standard InChI is InChI=1S/C29H38ClN3O4S.ClH/c1-21(2)27(34)31-15-11-26(23-5-4-6-24(30)19-23)32-16-12-29(13-17-32)14-18-33(28(29)35)20-22-7-9-25(10-8-22)38(3,36)37;/h4-10,19,21,26H,11-18,20H2,1-3H3,(H,31,34);1H. The van der Waals surface area contributed by atoms with Crippen LogP contribution in [-0.2, 0) is 26.0 Å². The minimum absolute atomic E-state index is 0. The molecule has 2 saturated heterocycles. The van der Waals surface area contributed by atoms with E-state index in [2.05, 4.69) is 16.3 Å². The van der Waals surface area contributed by atoms with Crippen LogP contribution >= 0.6 is 24.0 Å². The van der Waals surface area contributed by atoms with Crippen molar-refractivity contribution < 1.29 is 18.0 Å². The third-order valence-electron chi connectivity index (χ3n) is 8.00. The average Bonchev–Trinajstić information content (AvgIpc) is 3.16. The molecule has 1 atom stereocenters. The van der Waals surface area contributed by atoms with Crippen molar-refractivity contribution in [3.8, 4) is 0 Å². The van der Waals surface area contributed by atoms with Crippen molar-refractivity contribution >= 4 is 45.7 Å². The van der Waals surface area contributed by atoms with Gasteiger partial charge in [-0.1, -0.05) is 49.7 Å². The molecule has 2 aliphatic rings. The topological polar surface area (TPSA) is 86.8 Å². The predicted octanol–water partition coefficient (Wildman–Crippen LogP) is 4.88. The normalized spacial score (nSPS) is 18.3. The van der Waals surface area contributed by atoms with Crippen LogP contribution in [0.2, 0.25) is 5.02 Å². The van der Waals surface area contributed by atoms with Gasteiger partial charge in [0, 0.05) is 42.9 Å². The maximum Gasteiger partial charge on any atom is 0.229 e. The molecule has 2 amide bonds. The smallest absolute Gasteiger partial charge is 0.229 e. The second-order valence-corrected chi connectivity index (χ2v) is 13.5. The van der Waals surface area contributed by atoms with Gasteiger partial charge in [-0.2, -0.15) is 0 Å². The number of hydrogen-bond acceptors (Lipinski definition) is 5. The van der Waals surface area contributed by atoms with Crippen LogP contribution in [0.1, 0.15) is 56.7 Å². The van der Waals surface area contributed by atoms with Crippen LogP contribution in [0.3, 0.4) is 0 Å². The summed E-state index contributed by atoms with van der Waals surface area (Å²) >= 11 is 6.32. The maximum absolute atomic E-state index is 13.6. The van der Waals surface area contributed by atoms with Crippen LogP contribution in [0.15, 0.2) is 53.4 Å². The van der Waals surface area contributed by atoms with Gasteiger partial charge in [-0.05, 0) is 74.2 Å². The van der Waals surface area contributed by atoms with Gasteiger partial charge in [-0.15, -0.1) is 12.4 Å². The van der Waals surface area contributed by atoms with E-state index in [-0.39, 0.29) is 46.5 Å². The Balaban J connectivity index is 0.00000420. The van der Waals surface area contributed by atoms with Gasteiger partial charge in [-0.3, -0.25) is 14.5 Å². The second kappa shape index (κ2) is 13.0. The van der Waals surface area contributed by atoms with Gasteiger partial charge in [0.2, 0.25) is 11.8 Å². The molecule has 2 aromatic rings. The third-order valence-corrected chi connectivity index (χ3v) is 9.36. The highest BCUT2D eigenvalue weighted by Gasteiger charge is 2.48. The molecule has 214 valence electrons. The molecule has 0 saturated carbocycles. The van der Waals surface area contributed by atoms with E-state index >= 15 is 0 Å². The monoisotopic (exact) mass is 595 g/mol. The summed E-state index contributed by atoms with van der Waals surface area (Å²) in [6, 6.07) is 14.8. The molecule has 7 nitrogen and oxygen atoms in total. The molecular weight excluding hydrogens is 557 g/mol. The minimum atomic E-state index is -3.24. The van der Waals surface area contributed by atoms with Gasteiger partial charge in [0.05, 0.1) is 10.3 Å². The molecular formula is C29H39Cl2N3O4S. The number of sulfone groups is 1. The first-order valence-electron chi connectivity index (χ1n) is 13.3. The fraction of sp³-hybridized carbons (Fsp3) is 0.517. The van der Waals surface area contributed by atoms with E-state index in [9.17, 15) is 18.0 Å². The summed E-state index contributed by atoms with van der Waals surface area (Å²) in [5, 5.41) is 3.73. The average molecular weight is 597 g/mol.